The van der Waals surface area contributed by atoms with Crippen LogP contribution in [0.15, 0.2) is 5.16 Å². The third kappa shape index (κ3) is 6.62. The summed E-state index contributed by atoms with van der Waals surface area (Å²) in [5.41, 5.74) is 1.99. The second-order valence-corrected chi connectivity index (χ2v) is 6.10. The predicted molar refractivity (Wildman–Crippen MR) is 90.8 cm³/mol. The van der Waals surface area contributed by atoms with Crippen molar-refractivity contribution in [3.05, 3.63) is 11.4 Å². The van der Waals surface area contributed by atoms with Crippen molar-refractivity contribution in [3.63, 3.8) is 0 Å². The number of aryl methyl sites for hydroxylation is 1. The summed E-state index contributed by atoms with van der Waals surface area (Å²) in [4.78, 5) is 27.8. The number of rotatable bonds is 9. The highest BCUT2D eigenvalue weighted by Gasteiger charge is 2.14. The van der Waals surface area contributed by atoms with Gasteiger partial charge in [-0.1, -0.05) is 25.1 Å². The first-order valence-corrected chi connectivity index (χ1v) is 8.71. The molecule has 0 aliphatic heterocycles. The number of hydrogen-bond donors (Lipinski definition) is 2. The minimum atomic E-state index is -0.445. The van der Waals surface area contributed by atoms with Gasteiger partial charge in [0.1, 0.15) is 0 Å². The molecule has 1 aromatic rings. The van der Waals surface area contributed by atoms with Crippen LogP contribution in [0, 0.1) is 13.8 Å². The van der Waals surface area contributed by atoms with E-state index in [9.17, 15) is 9.59 Å². The summed E-state index contributed by atoms with van der Waals surface area (Å²) in [5, 5.41) is 5.73. The summed E-state index contributed by atoms with van der Waals surface area (Å²) in [6.07, 6.45) is 1.89. The van der Waals surface area contributed by atoms with Crippen LogP contribution in [-0.2, 0) is 16.1 Å². The molecule has 0 aliphatic rings. The van der Waals surface area contributed by atoms with Crippen LogP contribution in [-0.4, -0.2) is 47.5 Å². The lowest BCUT2D eigenvalue weighted by molar-refractivity contribution is -0.117. The molecule has 0 radical (unpaired) electrons. The van der Waals surface area contributed by atoms with E-state index in [4.69, 9.17) is 4.74 Å². The maximum absolute atomic E-state index is 11.8. The Morgan fingerprint density at radius 3 is 2.74 bits per heavy atom. The number of hydrogen-bond acceptors (Lipinski definition) is 5. The minimum absolute atomic E-state index is 0.143. The Labute approximate surface area is 141 Å². The first-order valence-electron chi connectivity index (χ1n) is 7.72. The maximum atomic E-state index is 11.8. The zero-order chi connectivity index (χ0) is 17.2. The molecule has 0 aromatic carbocycles. The van der Waals surface area contributed by atoms with Crippen LogP contribution in [0.25, 0.3) is 0 Å². The van der Waals surface area contributed by atoms with Crippen molar-refractivity contribution >= 4 is 23.7 Å². The number of thioether (sulfide) groups is 1. The molecule has 23 heavy (non-hydrogen) atoms. The molecule has 0 saturated carbocycles. The van der Waals surface area contributed by atoms with E-state index in [1.54, 1.807) is 7.11 Å². The van der Waals surface area contributed by atoms with Gasteiger partial charge in [0.25, 0.3) is 0 Å². The molecular weight excluding hydrogens is 316 g/mol. The number of amides is 3. The summed E-state index contributed by atoms with van der Waals surface area (Å²) < 4.78 is 7.13. The minimum Gasteiger partial charge on any atom is -0.383 e. The molecule has 1 aromatic heterocycles. The molecule has 2 N–H and O–H groups in total. The Balaban J connectivity index is 2.49. The molecule has 1 heterocycles. The van der Waals surface area contributed by atoms with E-state index in [0.29, 0.717) is 19.7 Å². The number of unbranched alkanes of at least 4 members (excludes halogenated alkanes) is 1. The van der Waals surface area contributed by atoms with Crippen LogP contribution < -0.4 is 10.6 Å². The first kappa shape index (κ1) is 19.5. The smallest absolute Gasteiger partial charge is 0.321 e. The van der Waals surface area contributed by atoms with Gasteiger partial charge >= 0.3 is 6.03 Å². The van der Waals surface area contributed by atoms with Gasteiger partial charge in [-0.05, 0) is 20.3 Å². The van der Waals surface area contributed by atoms with Crippen molar-refractivity contribution in [1.82, 2.24) is 20.2 Å². The van der Waals surface area contributed by atoms with Crippen LogP contribution >= 0.6 is 11.8 Å². The summed E-state index contributed by atoms with van der Waals surface area (Å²) in [7, 11) is 1.65. The van der Waals surface area contributed by atoms with Crippen molar-refractivity contribution in [1.29, 1.82) is 0 Å². The molecule has 0 spiro atoms. The second-order valence-electron chi connectivity index (χ2n) is 5.16. The third-order valence-corrected chi connectivity index (χ3v) is 4.32. The lowest BCUT2D eigenvalue weighted by Gasteiger charge is -2.09. The number of aromatic nitrogens is 2. The average molecular weight is 342 g/mol. The number of methoxy groups -OCH3 is 1. The van der Waals surface area contributed by atoms with Gasteiger partial charge in [-0.3, -0.25) is 10.1 Å². The van der Waals surface area contributed by atoms with Crippen molar-refractivity contribution in [2.45, 2.75) is 45.3 Å². The quantitative estimate of drug-likeness (QED) is 0.528. The Kier molecular flexibility index (Phi) is 8.71. The van der Waals surface area contributed by atoms with Crippen LogP contribution in [0.2, 0.25) is 0 Å². The topological polar surface area (TPSA) is 85.3 Å². The highest BCUT2D eigenvalue weighted by molar-refractivity contribution is 7.99. The van der Waals surface area contributed by atoms with Crippen molar-refractivity contribution < 1.29 is 14.3 Å². The maximum Gasteiger partial charge on any atom is 0.321 e. The van der Waals surface area contributed by atoms with Gasteiger partial charge in [-0.2, -0.15) is 0 Å². The van der Waals surface area contributed by atoms with Crippen LogP contribution in [0.5, 0.6) is 0 Å². The number of ether oxygens (including phenoxy) is 1. The highest BCUT2D eigenvalue weighted by Crippen LogP contribution is 2.20. The van der Waals surface area contributed by atoms with E-state index in [2.05, 4.69) is 15.6 Å². The Morgan fingerprint density at radius 2 is 2.09 bits per heavy atom. The lowest BCUT2D eigenvalue weighted by Crippen LogP contribution is -2.40. The molecule has 0 saturated heterocycles. The summed E-state index contributed by atoms with van der Waals surface area (Å²) in [5.74, 6) is -0.190. The number of carbonyl (C=O) groups is 2. The van der Waals surface area contributed by atoms with Crippen LogP contribution in [0.3, 0.4) is 0 Å². The summed E-state index contributed by atoms with van der Waals surface area (Å²) in [6.45, 7) is 7.80. The lowest BCUT2D eigenvalue weighted by atomic mass is 10.3. The molecule has 3 amide bonds. The second kappa shape index (κ2) is 10.3. The predicted octanol–water partition coefficient (Wildman–Crippen LogP) is 1.86. The highest BCUT2D eigenvalue weighted by atomic mass is 32.2. The first-order chi connectivity index (χ1) is 11.0. The van der Waals surface area contributed by atoms with Gasteiger partial charge in [0.05, 0.1) is 18.1 Å². The molecule has 0 unspecified atom stereocenters. The Morgan fingerprint density at radius 1 is 1.35 bits per heavy atom. The zero-order valence-corrected chi connectivity index (χ0v) is 15.1. The normalized spacial score (nSPS) is 10.6. The van der Waals surface area contributed by atoms with Crippen LogP contribution in [0.4, 0.5) is 4.79 Å². The van der Waals surface area contributed by atoms with Gasteiger partial charge in [-0.25, -0.2) is 9.78 Å². The van der Waals surface area contributed by atoms with E-state index < -0.39 is 6.03 Å². The van der Waals surface area contributed by atoms with E-state index in [-0.39, 0.29) is 11.7 Å². The fourth-order valence-corrected chi connectivity index (χ4v) is 2.81. The number of urea groups is 1. The van der Waals surface area contributed by atoms with Crippen molar-refractivity contribution in [2.75, 3.05) is 26.0 Å². The van der Waals surface area contributed by atoms with E-state index in [0.717, 1.165) is 29.4 Å². The largest absolute Gasteiger partial charge is 0.383 e. The monoisotopic (exact) mass is 342 g/mol. The van der Waals surface area contributed by atoms with E-state index in [1.807, 2.05) is 25.3 Å². The fourth-order valence-electron chi connectivity index (χ4n) is 1.90. The number of nitrogens with zero attached hydrogens (tertiary/aromatic N) is 2. The molecule has 7 nitrogen and oxygen atoms in total. The van der Waals surface area contributed by atoms with Crippen LogP contribution in [0.1, 0.15) is 31.2 Å². The van der Waals surface area contributed by atoms with Crippen molar-refractivity contribution in [2.24, 2.45) is 0 Å². The summed E-state index contributed by atoms with van der Waals surface area (Å²) >= 11 is 1.32. The molecule has 1 rings (SSSR count). The van der Waals surface area contributed by atoms with Crippen molar-refractivity contribution in [3.8, 4) is 0 Å². The van der Waals surface area contributed by atoms with E-state index >= 15 is 0 Å². The van der Waals surface area contributed by atoms with Gasteiger partial charge in [0, 0.05) is 25.9 Å². The molecule has 0 atom stereocenters. The standard InChI is InChI=1S/C15H26N4O3S/c1-5-6-7-16-14(21)18-13(20)10-23-15-17-11(2)12(3)19(15)8-9-22-4/h5-10H2,1-4H3,(H2,16,18,20,21). The third-order valence-electron chi connectivity index (χ3n) is 3.34. The SMILES string of the molecule is CCCCNC(=O)NC(=O)CSc1nc(C)c(C)n1CCOC. The fraction of sp³-hybridized carbons (Fsp3) is 0.667. The molecule has 0 aliphatic carbocycles. The molecule has 0 bridgehead atoms. The molecular formula is C15H26N4O3S. The molecule has 0 fully saturated rings. The zero-order valence-electron chi connectivity index (χ0n) is 14.3. The number of nitrogens with one attached hydrogen (secondary N) is 2. The van der Waals surface area contributed by atoms with Gasteiger partial charge in [-0.15, -0.1) is 0 Å². The number of carbonyl (C=O) groups excluding carboxylic acids is 2. The summed E-state index contributed by atoms with van der Waals surface area (Å²) in [6, 6.07) is -0.445. The Hall–Kier alpha value is -1.54. The van der Waals surface area contributed by atoms with Gasteiger partial charge < -0.3 is 14.6 Å². The molecule has 8 heteroatoms. The number of imide groups is 1. The van der Waals surface area contributed by atoms with Gasteiger partial charge in [0.2, 0.25) is 5.91 Å². The number of imidazole rings is 1. The average Bonchev–Trinajstić information content (AvgIpc) is 2.78. The molecule has 130 valence electrons. The van der Waals surface area contributed by atoms with Gasteiger partial charge in [0.15, 0.2) is 5.16 Å². The Bertz CT molecular complexity index is 531. The van der Waals surface area contributed by atoms with E-state index in [1.165, 1.54) is 11.8 Å².